The van der Waals surface area contributed by atoms with Crippen molar-refractivity contribution >= 4 is 0 Å². The van der Waals surface area contributed by atoms with Gasteiger partial charge in [-0.2, -0.15) is 0 Å². The molecule has 0 bridgehead atoms. The molecule has 2 aromatic carbocycles. The quantitative estimate of drug-likeness (QED) is 0.839. The van der Waals surface area contributed by atoms with Crippen LogP contribution in [0.4, 0.5) is 0 Å². The lowest BCUT2D eigenvalue weighted by molar-refractivity contribution is 0.113. The van der Waals surface area contributed by atoms with Crippen molar-refractivity contribution in [3.63, 3.8) is 0 Å². The molecule has 0 amide bonds. The highest BCUT2D eigenvalue weighted by molar-refractivity contribution is 5.73. The summed E-state index contributed by atoms with van der Waals surface area (Å²) in [6, 6.07) is 11.9. The molecule has 21 heavy (non-hydrogen) atoms. The van der Waals surface area contributed by atoms with Crippen LogP contribution in [0.15, 0.2) is 36.4 Å². The van der Waals surface area contributed by atoms with Crippen LogP contribution in [0.2, 0.25) is 0 Å². The van der Waals surface area contributed by atoms with Gasteiger partial charge in [0.05, 0.1) is 0 Å². The van der Waals surface area contributed by atoms with Gasteiger partial charge in [-0.3, -0.25) is 4.90 Å². The first kappa shape index (κ1) is 12.7. The van der Waals surface area contributed by atoms with E-state index in [4.69, 9.17) is 0 Å². The van der Waals surface area contributed by atoms with Gasteiger partial charge in [0.2, 0.25) is 0 Å². The third-order valence-corrected chi connectivity index (χ3v) is 4.81. The second-order valence-electron chi connectivity index (χ2n) is 6.17. The molecule has 0 unspecified atom stereocenters. The van der Waals surface area contributed by atoms with Crippen LogP contribution in [0.3, 0.4) is 0 Å². The van der Waals surface area contributed by atoms with Gasteiger partial charge in [0.1, 0.15) is 11.5 Å². The van der Waals surface area contributed by atoms with Gasteiger partial charge in [-0.25, -0.2) is 0 Å². The number of rotatable bonds is 1. The molecule has 1 aliphatic carbocycles. The van der Waals surface area contributed by atoms with E-state index in [9.17, 15) is 10.2 Å². The van der Waals surface area contributed by atoms with Crippen molar-refractivity contribution < 1.29 is 10.2 Å². The summed E-state index contributed by atoms with van der Waals surface area (Å²) in [7, 11) is 0. The Balaban J connectivity index is 1.86. The van der Waals surface area contributed by atoms with E-state index in [1.165, 1.54) is 41.5 Å². The summed E-state index contributed by atoms with van der Waals surface area (Å²) >= 11 is 0. The molecule has 1 saturated carbocycles. The second-order valence-corrected chi connectivity index (χ2v) is 6.17. The number of phenols is 2. The van der Waals surface area contributed by atoms with E-state index in [0.717, 1.165) is 13.1 Å². The maximum Gasteiger partial charge on any atom is 0.115 e. The molecule has 1 heterocycles. The molecule has 1 fully saturated rings. The lowest BCUT2D eigenvalue weighted by atomic mass is 9.91. The molecule has 0 radical (unpaired) electrons. The Morgan fingerprint density at radius 3 is 1.76 bits per heavy atom. The van der Waals surface area contributed by atoms with Crippen LogP contribution in [0.1, 0.15) is 30.4 Å². The Kier molecular flexibility index (Phi) is 2.89. The van der Waals surface area contributed by atoms with E-state index in [2.05, 4.69) is 4.90 Å². The fourth-order valence-electron chi connectivity index (χ4n) is 3.45. The Morgan fingerprint density at radius 2 is 1.33 bits per heavy atom. The highest BCUT2D eigenvalue weighted by Gasteiger charge is 2.28. The van der Waals surface area contributed by atoms with Gasteiger partial charge >= 0.3 is 0 Å². The van der Waals surface area contributed by atoms with E-state index in [1.54, 1.807) is 12.1 Å². The topological polar surface area (TPSA) is 43.7 Å². The minimum absolute atomic E-state index is 0.324. The molecule has 0 aromatic heterocycles. The van der Waals surface area contributed by atoms with Crippen molar-refractivity contribution in [1.29, 1.82) is 0 Å². The van der Waals surface area contributed by atoms with E-state index in [1.807, 2.05) is 24.3 Å². The van der Waals surface area contributed by atoms with Gasteiger partial charge in [-0.1, -0.05) is 18.6 Å². The van der Waals surface area contributed by atoms with Crippen LogP contribution in [-0.4, -0.2) is 21.2 Å². The van der Waals surface area contributed by atoms with E-state index in [0.29, 0.717) is 17.5 Å². The molecule has 0 spiro atoms. The van der Waals surface area contributed by atoms with Gasteiger partial charge in [0.15, 0.2) is 0 Å². The van der Waals surface area contributed by atoms with Crippen LogP contribution in [-0.2, 0) is 13.1 Å². The van der Waals surface area contributed by atoms with Gasteiger partial charge in [0, 0.05) is 19.1 Å². The summed E-state index contributed by atoms with van der Waals surface area (Å²) in [4.78, 5) is 2.48. The van der Waals surface area contributed by atoms with E-state index in [-0.39, 0.29) is 0 Å². The zero-order valence-corrected chi connectivity index (χ0v) is 11.9. The average Bonchev–Trinajstić information content (AvgIpc) is 2.52. The third-order valence-electron chi connectivity index (χ3n) is 4.81. The number of fused-ring (bicyclic) bond motifs is 3. The molecule has 4 rings (SSSR count). The largest absolute Gasteiger partial charge is 0.508 e. The SMILES string of the molecule is Oc1ccc2c(c1)CN(C1CCC1)Cc1cc(O)ccc1-2. The minimum Gasteiger partial charge on any atom is -0.508 e. The molecular formula is C18H19NO2. The molecule has 2 aliphatic rings. The second kappa shape index (κ2) is 4.78. The lowest BCUT2D eigenvalue weighted by Gasteiger charge is -2.37. The first-order valence-corrected chi connectivity index (χ1v) is 7.59. The summed E-state index contributed by atoms with van der Waals surface area (Å²) in [5, 5.41) is 19.6. The van der Waals surface area contributed by atoms with Crippen molar-refractivity contribution in [1.82, 2.24) is 4.90 Å². The molecule has 1 aliphatic heterocycles. The van der Waals surface area contributed by atoms with Crippen molar-refractivity contribution in [2.45, 2.75) is 38.4 Å². The van der Waals surface area contributed by atoms with Crippen LogP contribution < -0.4 is 0 Å². The zero-order valence-electron chi connectivity index (χ0n) is 11.9. The number of hydrogen-bond acceptors (Lipinski definition) is 3. The van der Waals surface area contributed by atoms with Crippen molar-refractivity contribution in [3.05, 3.63) is 47.5 Å². The summed E-state index contributed by atoms with van der Waals surface area (Å²) in [5.74, 6) is 0.647. The Labute approximate surface area is 124 Å². The van der Waals surface area contributed by atoms with Gasteiger partial charge in [-0.15, -0.1) is 0 Å². The number of nitrogens with zero attached hydrogens (tertiary/aromatic N) is 1. The number of benzene rings is 2. The standard InChI is InChI=1S/C18H19NO2/c20-15-4-6-17-12(8-15)10-19(14-2-1-3-14)11-13-9-16(21)5-7-18(13)17/h4-9,14,20-21H,1-3,10-11H2. The molecule has 0 atom stereocenters. The number of phenolic OH excluding ortho intramolecular Hbond substituents is 2. The fraction of sp³-hybridized carbons (Fsp3) is 0.333. The smallest absolute Gasteiger partial charge is 0.115 e. The van der Waals surface area contributed by atoms with Crippen LogP contribution in [0.25, 0.3) is 11.1 Å². The minimum atomic E-state index is 0.324. The van der Waals surface area contributed by atoms with Gasteiger partial charge in [0.25, 0.3) is 0 Å². The highest BCUT2D eigenvalue weighted by atomic mass is 16.3. The first-order valence-electron chi connectivity index (χ1n) is 7.59. The van der Waals surface area contributed by atoms with Gasteiger partial charge < -0.3 is 10.2 Å². The Bertz CT molecular complexity index is 638. The summed E-state index contributed by atoms with van der Waals surface area (Å²) in [6.07, 6.45) is 3.81. The van der Waals surface area contributed by atoms with Crippen molar-refractivity contribution in [2.75, 3.05) is 0 Å². The maximum absolute atomic E-state index is 9.81. The molecule has 0 saturated heterocycles. The molecule has 2 aromatic rings. The normalized spacial score (nSPS) is 18.5. The molecule has 3 nitrogen and oxygen atoms in total. The molecule has 108 valence electrons. The van der Waals surface area contributed by atoms with E-state index < -0.39 is 0 Å². The predicted molar refractivity (Wildman–Crippen MR) is 82.1 cm³/mol. The summed E-state index contributed by atoms with van der Waals surface area (Å²) in [6.45, 7) is 1.73. The third kappa shape index (κ3) is 2.18. The number of aromatic hydroxyl groups is 2. The van der Waals surface area contributed by atoms with Crippen molar-refractivity contribution in [2.24, 2.45) is 0 Å². The molecule has 3 heteroatoms. The lowest BCUT2D eigenvalue weighted by Crippen LogP contribution is -2.38. The maximum atomic E-state index is 9.81. The molecular weight excluding hydrogens is 262 g/mol. The average molecular weight is 281 g/mol. The van der Waals surface area contributed by atoms with Gasteiger partial charge in [-0.05, 0) is 59.4 Å². The predicted octanol–water partition coefficient (Wildman–Crippen LogP) is 3.63. The first-order chi connectivity index (χ1) is 10.2. The zero-order chi connectivity index (χ0) is 14.4. The Hall–Kier alpha value is -2.00. The summed E-state index contributed by atoms with van der Waals surface area (Å²) in [5.41, 5.74) is 4.69. The number of hydrogen-bond donors (Lipinski definition) is 2. The van der Waals surface area contributed by atoms with Crippen LogP contribution >= 0.6 is 0 Å². The van der Waals surface area contributed by atoms with Crippen LogP contribution in [0, 0.1) is 0 Å². The summed E-state index contributed by atoms with van der Waals surface area (Å²) < 4.78 is 0. The van der Waals surface area contributed by atoms with Crippen LogP contribution in [0.5, 0.6) is 11.5 Å². The Morgan fingerprint density at radius 1 is 0.810 bits per heavy atom. The van der Waals surface area contributed by atoms with Crippen molar-refractivity contribution in [3.8, 4) is 22.6 Å². The highest BCUT2D eigenvalue weighted by Crippen LogP contribution is 2.38. The monoisotopic (exact) mass is 281 g/mol. The molecule has 2 N–H and O–H groups in total. The fourth-order valence-corrected chi connectivity index (χ4v) is 3.45. The van der Waals surface area contributed by atoms with E-state index >= 15 is 0 Å².